The van der Waals surface area contributed by atoms with E-state index in [-0.39, 0.29) is 18.2 Å². The summed E-state index contributed by atoms with van der Waals surface area (Å²) in [4.78, 5) is 29.1. The van der Waals surface area contributed by atoms with Crippen LogP contribution in [0.2, 0.25) is 0 Å². The lowest BCUT2D eigenvalue weighted by Crippen LogP contribution is -2.24. The van der Waals surface area contributed by atoms with Crippen LogP contribution in [0.3, 0.4) is 0 Å². The Labute approximate surface area is 184 Å². The zero-order chi connectivity index (χ0) is 22.2. The third-order valence-corrected chi connectivity index (χ3v) is 5.18. The Morgan fingerprint density at radius 2 is 1.58 bits per heavy atom. The van der Waals surface area contributed by atoms with Crippen molar-refractivity contribution >= 4 is 28.3 Å². The van der Waals surface area contributed by atoms with Crippen LogP contribution in [0.1, 0.15) is 21.6 Å². The Balaban J connectivity index is 1.54. The van der Waals surface area contributed by atoms with Crippen LogP contribution in [0.15, 0.2) is 47.8 Å². The van der Waals surface area contributed by atoms with Crippen molar-refractivity contribution in [2.45, 2.75) is 13.0 Å². The fraction of sp³-hybridized carbons (Fsp3) is 0.227. The molecule has 162 valence electrons. The molecule has 2 amide bonds. The van der Waals surface area contributed by atoms with E-state index in [1.807, 2.05) is 24.3 Å². The second-order valence-electron chi connectivity index (χ2n) is 6.50. The molecule has 0 fully saturated rings. The minimum atomic E-state index is -0.345. The number of ether oxygens (including phenoxy) is 3. The van der Waals surface area contributed by atoms with Crippen molar-refractivity contribution in [3.8, 4) is 17.2 Å². The van der Waals surface area contributed by atoms with E-state index in [0.29, 0.717) is 34.4 Å². The molecule has 0 bridgehead atoms. The molecule has 0 spiro atoms. The van der Waals surface area contributed by atoms with Crippen molar-refractivity contribution in [3.05, 3.63) is 64.7 Å². The highest BCUT2D eigenvalue weighted by atomic mass is 32.1. The van der Waals surface area contributed by atoms with Gasteiger partial charge < -0.3 is 19.5 Å². The van der Waals surface area contributed by atoms with E-state index < -0.39 is 0 Å². The van der Waals surface area contributed by atoms with E-state index in [4.69, 9.17) is 14.2 Å². The summed E-state index contributed by atoms with van der Waals surface area (Å²) >= 11 is 1.25. The summed E-state index contributed by atoms with van der Waals surface area (Å²) in [5, 5.41) is 7.74. The zero-order valence-corrected chi connectivity index (χ0v) is 18.2. The molecule has 31 heavy (non-hydrogen) atoms. The Kier molecular flexibility index (Phi) is 7.45. The van der Waals surface area contributed by atoms with Crippen LogP contribution in [0.5, 0.6) is 17.2 Å². The van der Waals surface area contributed by atoms with Gasteiger partial charge >= 0.3 is 0 Å². The zero-order valence-electron chi connectivity index (χ0n) is 17.4. The predicted molar refractivity (Wildman–Crippen MR) is 118 cm³/mol. The number of hydrogen-bond donors (Lipinski definition) is 2. The van der Waals surface area contributed by atoms with E-state index in [0.717, 1.165) is 11.3 Å². The molecule has 9 heteroatoms. The summed E-state index contributed by atoms with van der Waals surface area (Å²) < 4.78 is 15.5. The first-order valence-electron chi connectivity index (χ1n) is 9.39. The molecule has 0 atom stereocenters. The number of nitrogens with zero attached hydrogens (tertiary/aromatic N) is 1. The minimum absolute atomic E-state index is 0.121. The number of benzene rings is 2. The summed E-state index contributed by atoms with van der Waals surface area (Å²) in [5.74, 6) is 1.29. The van der Waals surface area contributed by atoms with Crippen LogP contribution in [0.25, 0.3) is 0 Å². The van der Waals surface area contributed by atoms with Crippen molar-refractivity contribution in [1.82, 2.24) is 10.3 Å². The maximum Gasteiger partial charge on any atom is 0.257 e. The highest BCUT2D eigenvalue weighted by Gasteiger charge is 2.13. The quantitative estimate of drug-likeness (QED) is 0.529. The van der Waals surface area contributed by atoms with E-state index in [1.165, 1.54) is 25.6 Å². The summed E-state index contributed by atoms with van der Waals surface area (Å²) in [7, 11) is 4.64. The number of rotatable bonds is 9. The Morgan fingerprint density at radius 1 is 0.935 bits per heavy atom. The van der Waals surface area contributed by atoms with Gasteiger partial charge in [0.05, 0.1) is 33.4 Å². The van der Waals surface area contributed by atoms with Gasteiger partial charge in [0.1, 0.15) is 17.2 Å². The number of carbonyl (C=O) groups is 2. The maximum atomic E-state index is 12.5. The lowest BCUT2D eigenvalue weighted by molar-refractivity contribution is -0.120. The van der Waals surface area contributed by atoms with Crippen LogP contribution in [0.4, 0.5) is 5.13 Å². The molecule has 0 aliphatic rings. The number of nitrogens with one attached hydrogen (secondary N) is 2. The van der Waals surface area contributed by atoms with Crippen molar-refractivity contribution < 1.29 is 23.8 Å². The summed E-state index contributed by atoms with van der Waals surface area (Å²) in [6.45, 7) is 0.411. The number of hydrogen-bond acceptors (Lipinski definition) is 7. The molecule has 2 N–H and O–H groups in total. The van der Waals surface area contributed by atoms with Crippen molar-refractivity contribution in [1.29, 1.82) is 0 Å². The van der Waals surface area contributed by atoms with Crippen LogP contribution in [-0.4, -0.2) is 38.1 Å². The van der Waals surface area contributed by atoms with Crippen molar-refractivity contribution in [2.24, 2.45) is 0 Å². The van der Waals surface area contributed by atoms with Gasteiger partial charge in [0.15, 0.2) is 5.13 Å². The monoisotopic (exact) mass is 441 g/mol. The molecule has 0 saturated carbocycles. The molecule has 3 aromatic rings. The molecule has 0 aliphatic carbocycles. The van der Waals surface area contributed by atoms with Gasteiger partial charge in [0.25, 0.3) is 5.91 Å². The van der Waals surface area contributed by atoms with Gasteiger partial charge in [0, 0.05) is 23.6 Å². The number of aromatic nitrogens is 1. The summed E-state index contributed by atoms with van der Waals surface area (Å²) in [5.41, 5.74) is 1.93. The normalized spacial score (nSPS) is 10.3. The van der Waals surface area contributed by atoms with Crippen molar-refractivity contribution in [3.63, 3.8) is 0 Å². The molecule has 3 rings (SSSR count). The van der Waals surface area contributed by atoms with Gasteiger partial charge in [-0.1, -0.05) is 12.1 Å². The first-order chi connectivity index (χ1) is 15.0. The summed E-state index contributed by atoms with van der Waals surface area (Å²) in [6.07, 6.45) is 0.121. The highest BCUT2D eigenvalue weighted by molar-refractivity contribution is 7.14. The lowest BCUT2D eigenvalue weighted by atomic mass is 10.2. The standard InChI is InChI=1S/C22H23N3O5S/c1-28-17-6-4-14(5-7-17)12-23-20(26)10-16-13-31-22(24-16)25-21(27)15-8-18(29-2)11-19(9-15)30-3/h4-9,11,13H,10,12H2,1-3H3,(H,23,26)(H,24,25,27). The molecule has 0 aliphatic heterocycles. The molecule has 1 aromatic heterocycles. The van der Waals surface area contributed by atoms with Crippen LogP contribution >= 0.6 is 11.3 Å². The van der Waals surface area contributed by atoms with E-state index in [2.05, 4.69) is 15.6 Å². The Bertz CT molecular complexity index is 1030. The summed E-state index contributed by atoms with van der Waals surface area (Å²) in [6, 6.07) is 12.4. The van der Waals surface area contributed by atoms with Gasteiger partial charge in [-0.05, 0) is 29.8 Å². The fourth-order valence-corrected chi connectivity index (χ4v) is 3.43. The van der Waals surface area contributed by atoms with Gasteiger partial charge in [-0.15, -0.1) is 11.3 Å². The average Bonchev–Trinajstić information content (AvgIpc) is 3.23. The van der Waals surface area contributed by atoms with Crippen molar-refractivity contribution in [2.75, 3.05) is 26.6 Å². The van der Waals surface area contributed by atoms with Crippen LogP contribution < -0.4 is 24.8 Å². The Hall–Kier alpha value is -3.59. The molecule has 0 radical (unpaired) electrons. The second kappa shape index (κ2) is 10.4. The minimum Gasteiger partial charge on any atom is -0.497 e. The van der Waals surface area contributed by atoms with Crippen LogP contribution in [0, 0.1) is 0 Å². The molecule has 0 saturated heterocycles. The average molecular weight is 442 g/mol. The lowest BCUT2D eigenvalue weighted by Gasteiger charge is -2.08. The van der Waals surface area contributed by atoms with Gasteiger partial charge in [-0.3, -0.25) is 14.9 Å². The molecular weight excluding hydrogens is 418 g/mol. The van der Waals surface area contributed by atoms with E-state index in [9.17, 15) is 9.59 Å². The number of anilines is 1. The number of thiazole rings is 1. The first kappa shape index (κ1) is 22.1. The highest BCUT2D eigenvalue weighted by Crippen LogP contribution is 2.24. The topological polar surface area (TPSA) is 98.8 Å². The number of amides is 2. The first-order valence-corrected chi connectivity index (χ1v) is 10.3. The molecular formula is C22H23N3O5S. The fourth-order valence-electron chi connectivity index (χ4n) is 2.72. The smallest absolute Gasteiger partial charge is 0.257 e. The molecule has 0 unspecified atom stereocenters. The van der Waals surface area contributed by atoms with E-state index in [1.54, 1.807) is 30.7 Å². The third-order valence-electron chi connectivity index (χ3n) is 4.38. The van der Waals surface area contributed by atoms with Gasteiger partial charge in [-0.25, -0.2) is 4.98 Å². The predicted octanol–water partition coefficient (Wildman–Crippen LogP) is 3.28. The molecule has 8 nitrogen and oxygen atoms in total. The van der Waals surface area contributed by atoms with Crippen LogP contribution in [-0.2, 0) is 17.8 Å². The number of carbonyl (C=O) groups excluding carboxylic acids is 2. The van der Waals surface area contributed by atoms with Gasteiger partial charge in [0.2, 0.25) is 5.91 Å². The second-order valence-corrected chi connectivity index (χ2v) is 7.36. The van der Waals surface area contributed by atoms with Gasteiger partial charge in [-0.2, -0.15) is 0 Å². The van der Waals surface area contributed by atoms with E-state index >= 15 is 0 Å². The SMILES string of the molecule is COc1ccc(CNC(=O)Cc2csc(NC(=O)c3cc(OC)cc(OC)c3)n2)cc1. The maximum absolute atomic E-state index is 12.5. The number of methoxy groups -OCH3 is 3. The molecule has 1 heterocycles. The Morgan fingerprint density at radius 3 is 2.19 bits per heavy atom. The third kappa shape index (κ3) is 6.19. The largest absolute Gasteiger partial charge is 0.497 e. The molecule has 2 aromatic carbocycles.